The molecule has 0 saturated heterocycles. The summed E-state index contributed by atoms with van der Waals surface area (Å²) in [6.45, 7) is 1.98. The highest BCUT2D eigenvalue weighted by molar-refractivity contribution is 6.09. The number of fused-ring (bicyclic) bond motifs is 6. The Morgan fingerprint density at radius 2 is 1.78 bits per heavy atom. The zero-order chi connectivity index (χ0) is 12.1. The number of hydrogen-bond donors (Lipinski definition) is 0. The van der Waals surface area contributed by atoms with Crippen LogP contribution in [0.4, 0.5) is 0 Å². The Hall–Kier alpha value is -2.49. The highest BCUT2D eigenvalue weighted by Gasteiger charge is 2.11. The monoisotopic (exact) mass is 234 g/mol. The van der Waals surface area contributed by atoms with Crippen LogP contribution in [0.5, 0.6) is 0 Å². The summed E-state index contributed by atoms with van der Waals surface area (Å²) >= 11 is 0. The molecule has 4 heterocycles. The van der Waals surface area contributed by atoms with Gasteiger partial charge in [0, 0.05) is 23.2 Å². The van der Waals surface area contributed by atoms with Crippen LogP contribution in [0.3, 0.4) is 0 Å². The maximum absolute atomic E-state index is 4.51. The summed E-state index contributed by atoms with van der Waals surface area (Å²) in [4.78, 5) is 8.93. The molecule has 0 N–H and O–H groups in total. The van der Waals surface area contributed by atoms with E-state index < -0.39 is 0 Å². The Bertz CT molecular complexity index is 819. The van der Waals surface area contributed by atoms with Crippen LogP contribution < -0.4 is 0 Å². The Labute approximate surface area is 103 Å². The zero-order valence-electron chi connectivity index (χ0n) is 9.83. The van der Waals surface area contributed by atoms with E-state index in [1.54, 1.807) is 6.20 Å². The summed E-state index contributed by atoms with van der Waals surface area (Å²) in [5.74, 6) is 0. The number of aromatic nitrogens is 4. The van der Waals surface area contributed by atoms with Crippen LogP contribution in [0.25, 0.3) is 27.5 Å². The Kier molecular flexibility index (Phi) is 1.73. The highest BCUT2D eigenvalue weighted by atomic mass is 15.2. The number of hydrogen-bond acceptors (Lipinski definition) is 3. The maximum atomic E-state index is 4.51. The first kappa shape index (κ1) is 9.53. The van der Waals surface area contributed by atoms with Crippen molar-refractivity contribution in [3.63, 3.8) is 0 Å². The normalized spacial score (nSPS) is 11.6. The molecule has 4 rings (SSSR count). The average Bonchev–Trinajstić information content (AvgIpc) is 2.81. The van der Waals surface area contributed by atoms with Crippen LogP contribution in [0.1, 0.15) is 5.69 Å². The lowest BCUT2D eigenvalue weighted by molar-refractivity contribution is 0.956. The molecule has 0 bridgehead atoms. The van der Waals surface area contributed by atoms with Crippen LogP contribution in [0, 0.1) is 6.92 Å². The maximum Gasteiger partial charge on any atom is 0.162 e. The van der Waals surface area contributed by atoms with E-state index in [4.69, 9.17) is 0 Å². The van der Waals surface area contributed by atoms with Gasteiger partial charge in [0.1, 0.15) is 0 Å². The van der Waals surface area contributed by atoms with Gasteiger partial charge in [-0.3, -0.25) is 4.98 Å². The second-order valence-electron chi connectivity index (χ2n) is 4.36. The molecule has 0 unspecified atom stereocenters. The van der Waals surface area contributed by atoms with E-state index in [-0.39, 0.29) is 0 Å². The lowest BCUT2D eigenvalue weighted by Crippen LogP contribution is -1.95. The summed E-state index contributed by atoms with van der Waals surface area (Å²) in [6, 6.07) is 10.1. The van der Waals surface area contributed by atoms with E-state index >= 15 is 0 Å². The van der Waals surface area contributed by atoms with Crippen molar-refractivity contribution in [2.75, 3.05) is 0 Å². The van der Waals surface area contributed by atoms with Crippen molar-refractivity contribution in [2.24, 2.45) is 0 Å². The molecule has 0 aliphatic heterocycles. The van der Waals surface area contributed by atoms with E-state index in [1.807, 2.05) is 35.8 Å². The summed E-state index contributed by atoms with van der Waals surface area (Å²) in [5, 5.41) is 6.70. The van der Waals surface area contributed by atoms with Gasteiger partial charge in [-0.25, -0.2) is 9.50 Å². The standard InChI is InChI=1S/C14H10N4/c1-9-8-12-13-10(4-2-6-15-13)11-5-3-7-16-14(11)18(12)17-9/h2-8H,1H3. The molecule has 0 radical (unpaired) electrons. The largest absolute Gasteiger partial charge is 0.254 e. The fraction of sp³-hybridized carbons (Fsp3) is 0.0714. The molecule has 4 aromatic heterocycles. The zero-order valence-corrected chi connectivity index (χ0v) is 9.83. The number of pyridine rings is 3. The van der Waals surface area contributed by atoms with Gasteiger partial charge >= 0.3 is 0 Å². The Morgan fingerprint density at radius 3 is 2.67 bits per heavy atom. The Morgan fingerprint density at radius 1 is 1.00 bits per heavy atom. The molecule has 86 valence electrons. The smallest absolute Gasteiger partial charge is 0.162 e. The summed E-state index contributed by atoms with van der Waals surface area (Å²) in [7, 11) is 0. The van der Waals surface area contributed by atoms with Crippen molar-refractivity contribution in [3.8, 4) is 0 Å². The van der Waals surface area contributed by atoms with Crippen molar-refractivity contribution < 1.29 is 0 Å². The van der Waals surface area contributed by atoms with Crippen molar-refractivity contribution in [1.82, 2.24) is 19.6 Å². The molecule has 18 heavy (non-hydrogen) atoms. The van der Waals surface area contributed by atoms with E-state index in [0.717, 1.165) is 33.1 Å². The molecule has 0 saturated carbocycles. The SMILES string of the molecule is Cc1cc2c3ncccc3c3cccnc3n2n1. The van der Waals surface area contributed by atoms with Gasteiger partial charge in [0.2, 0.25) is 0 Å². The molecular weight excluding hydrogens is 224 g/mol. The van der Waals surface area contributed by atoms with Crippen molar-refractivity contribution in [1.29, 1.82) is 0 Å². The minimum atomic E-state index is 0.876. The third kappa shape index (κ3) is 1.12. The van der Waals surface area contributed by atoms with Gasteiger partial charge in [-0.1, -0.05) is 6.07 Å². The summed E-state index contributed by atoms with van der Waals surface area (Å²) < 4.78 is 1.88. The summed E-state index contributed by atoms with van der Waals surface area (Å²) in [6.07, 6.45) is 3.61. The van der Waals surface area contributed by atoms with E-state index in [9.17, 15) is 0 Å². The molecule has 0 amide bonds. The average molecular weight is 234 g/mol. The third-order valence-electron chi connectivity index (χ3n) is 3.16. The van der Waals surface area contributed by atoms with Gasteiger partial charge in [0.05, 0.1) is 16.7 Å². The van der Waals surface area contributed by atoms with Gasteiger partial charge in [0.15, 0.2) is 5.65 Å². The van der Waals surface area contributed by atoms with E-state index in [0.29, 0.717) is 0 Å². The fourth-order valence-corrected chi connectivity index (χ4v) is 2.43. The summed E-state index contributed by atoms with van der Waals surface area (Å²) in [5.41, 5.74) is 3.83. The van der Waals surface area contributed by atoms with Gasteiger partial charge in [-0.15, -0.1) is 0 Å². The lowest BCUT2D eigenvalue weighted by atomic mass is 10.1. The molecule has 0 fully saturated rings. The molecular formula is C14H10N4. The molecule has 4 aromatic rings. The molecule has 0 aliphatic carbocycles. The first-order chi connectivity index (χ1) is 8.84. The highest BCUT2D eigenvalue weighted by Crippen LogP contribution is 2.26. The number of aryl methyl sites for hydroxylation is 1. The van der Waals surface area contributed by atoms with Gasteiger partial charge in [-0.05, 0) is 31.2 Å². The first-order valence-corrected chi connectivity index (χ1v) is 5.82. The lowest BCUT2D eigenvalue weighted by Gasteiger charge is -2.05. The topological polar surface area (TPSA) is 43.1 Å². The second-order valence-corrected chi connectivity index (χ2v) is 4.36. The number of nitrogens with zero attached hydrogens (tertiary/aromatic N) is 4. The van der Waals surface area contributed by atoms with Crippen molar-refractivity contribution >= 4 is 27.5 Å². The predicted octanol–water partition coefficient (Wildman–Crippen LogP) is 2.74. The van der Waals surface area contributed by atoms with Crippen LogP contribution in [-0.4, -0.2) is 19.6 Å². The molecule has 4 nitrogen and oxygen atoms in total. The predicted molar refractivity (Wildman–Crippen MR) is 70.5 cm³/mol. The minimum Gasteiger partial charge on any atom is -0.254 e. The van der Waals surface area contributed by atoms with E-state index in [1.165, 1.54) is 0 Å². The third-order valence-corrected chi connectivity index (χ3v) is 3.16. The quantitative estimate of drug-likeness (QED) is 0.439. The molecule has 0 aromatic carbocycles. The van der Waals surface area contributed by atoms with Crippen LogP contribution in [-0.2, 0) is 0 Å². The van der Waals surface area contributed by atoms with Crippen LogP contribution in [0.2, 0.25) is 0 Å². The fourth-order valence-electron chi connectivity index (χ4n) is 2.43. The van der Waals surface area contributed by atoms with Gasteiger partial charge < -0.3 is 0 Å². The van der Waals surface area contributed by atoms with Crippen molar-refractivity contribution in [3.05, 3.63) is 48.4 Å². The molecule has 0 atom stereocenters. The number of rotatable bonds is 0. The van der Waals surface area contributed by atoms with Crippen LogP contribution in [0.15, 0.2) is 42.7 Å². The minimum absolute atomic E-state index is 0.876. The molecule has 4 heteroatoms. The second kappa shape index (κ2) is 3.26. The van der Waals surface area contributed by atoms with Crippen molar-refractivity contribution in [2.45, 2.75) is 6.92 Å². The molecule has 0 spiro atoms. The van der Waals surface area contributed by atoms with Gasteiger partial charge in [-0.2, -0.15) is 5.10 Å². The van der Waals surface area contributed by atoms with Gasteiger partial charge in [0.25, 0.3) is 0 Å². The van der Waals surface area contributed by atoms with Crippen LogP contribution >= 0.6 is 0 Å². The Balaban J connectivity index is 2.45. The van der Waals surface area contributed by atoms with E-state index in [2.05, 4.69) is 27.2 Å². The first-order valence-electron chi connectivity index (χ1n) is 5.82. The molecule has 0 aliphatic rings.